The highest BCUT2D eigenvalue weighted by molar-refractivity contribution is 5.45. The second kappa shape index (κ2) is 4.29. The van der Waals surface area contributed by atoms with Crippen molar-refractivity contribution in [3.63, 3.8) is 0 Å². The first kappa shape index (κ1) is 8.39. The van der Waals surface area contributed by atoms with Crippen LogP contribution in [0.2, 0.25) is 0 Å². The Kier molecular flexibility index (Phi) is 4.00. The highest BCUT2D eigenvalue weighted by atomic mass is 16.7. The molecule has 0 fully saturated rings. The maximum Gasteiger partial charge on any atom is 0.235 e. The third kappa shape index (κ3) is 3.05. The van der Waals surface area contributed by atoms with Gasteiger partial charge < -0.3 is 5.11 Å². The van der Waals surface area contributed by atoms with Crippen LogP contribution < -0.4 is 0 Å². The van der Waals surface area contributed by atoms with E-state index in [1.54, 1.807) is 6.92 Å². The molecule has 4 nitrogen and oxygen atoms in total. The molecule has 53 valence electrons. The monoisotopic (exact) mass is 132 g/mol. The molecular formula is C5H10NO3. The molecule has 0 aromatic rings. The lowest BCUT2D eigenvalue weighted by Crippen LogP contribution is -2.31. The van der Waals surface area contributed by atoms with Crippen LogP contribution in [-0.2, 0) is 9.63 Å². The predicted octanol–water partition coefficient (Wildman–Crippen LogP) is -0.451. The molecule has 0 aliphatic rings. The van der Waals surface area contributed by atoms with Gasteiger partial charge in [-0.3, -0.25) is 9.63 Å². The van der Waals surface area contributed by atoms with E-state index in [0.29, 0.717) is 13.0 Å². The van der Waals surface area contributed by atoms with Crippen molar-refractivity contribution >= 4 is 6.41 Å². The largest absolute Gasteiger partial charge is 0.371 e. The number of hydrogen-bond acceptors (Lipinski definition) is 3. The number of hydrogen-bond donors (Lipinski definition) is 1. The lowest BCUT2D eigenvalue weighted by molar-refractivity contribution is -0.209. The maximum atomic E-state index is 9.94. The fraction of sp³-hybridized carbons (Fsp3) is 0.600. The van der Waals surface area contributed by atoms with Crippen LogP contribution in [0.15, 0.2) is 0 Å². The van der Waals surface area contributed by atoms with Gasteiger partial charge in [0.2, 0.25) is 6.41 Å². The van der Waals surface area contributed by atoms with E-state index < -0.39 is 6.23 Å². The standard InChI is InChI=1S/C5H10NO3/c1-3-9-6(4-7)5(2)8/h4-5,8H,2-3H2,1H3. The summed E-state index contributed by atoms with van der Waals surface area (Å²) in [6, 6.07) is 0. The number of carbonyl (C=O) groups excluding carboxylic acids is 1. The molecule has 1 amide bonds. The number of rotatable bonds is 4. The average molecular weight is 132 g/mol. The Labute approximate surface area is 54.0 Å². The Balaban J connectivity index is 3.54. The summed E-state index contributed by atoms with van der Waals surface area (Å²) in [6.07, 6.45) is -0.747. The minimum atomic E-state index is -1.12. The molecule has 0 saturated heterocycles. The summed E-state index contributed by atoms with van der Waals surface area (Å²) in [6.45, 7) is 5.20. The Morgan fingerprint density at radius 1 is 2.00 bits per heavy atom. The summed E-state index contributed by atoms with van der Waals surface area (Å²) in [7, 11) is 0. The summed E-state index contributed by atoms with van der Waals surface area (Å²) in [5, 5.41) is 9.34. The van der Waals surface area contributed by atoms with Gasteiger partial charge in [0, 0.05) is 0 Å². The lowest BCUT2D eigenvalue weighted by Gasteiger charge is -2.17. The summed E-state index contributed by atoms with van der Waals surface area (Å²) in [5.41, 5.74) is 0. The zero-order chi connectivity index (χ0) is 7.28. The van der Waals surface area contributed by atoms with Crippen LogP contribution in [0, 0.1) is 6.92 Å². The van der Waals surface area contributed by atoms with Crippen molar-refractivity contribution in [1.29, 1.82) is 0 Å². The van der Waals surface area contributed by atoms with Gasteiger partial charge in [-0.2, -0.15) is 5.06 Å². The third-order valence-corrected chi connectivity index (χ3v) is 0.676. The quantitative estimate of drug-likeness (QED) is 0.320. The molecule has 0 aromatic heterocycles. The lowest BCUT2D eigenvalue weighted by atomic mass is 10.7. The molecule has 0 spiro atoms. The molecule has 9 heavy (non-hydrogen) atoms. The molecule has 4 heteroatoms. The van der Waals surface area contributed by atoms with Gasteiger partial charge in [0.15, 0.2) is 6.23 Å². The van der Waals surface area contributed by atoms with Crippen LogP contribution in [0.3, 0.4) is 0 Å². The Hall–Kier alpha value is -0.610. The molecule has 0 saturated carbocycles. The SMILES string of the molecule is [CH2]C(O)N(C=O)OCC. The molecule has 1 radical (unpaired) electrons. The molecule has 0 aromatic carbocycles. The summed E-state index contributed by atoms with van der Waals surface area (Å²) in [4.78, 5) is 14.5. The summed E-state index contributed by atoms with van der Waals surface area (Å²) in [5.74, 6) is 0. The van der Waals surface area contributed by atoms with Crippen molar-refractivity contribution in [3.05, 3.63) is 6.92 Å². The van der Waals surface area contributed by atoms with Gasteiger partial charge in [-0.1, -0.05) is 0 Å². The minimum Gasteiger partial charge on any atom is -0.371 e. The van der Waals surface area contributed by atoms with Gasteiger partial charge in [0.05, 0.1) is 6.61 Å². The van der Waals surface area contributed by atoms with Crippen molar-refractivity contribution < 1.29 is 14.7 Å². The van der Waals surface area contributed by atoms with Crippen LogP contribution in [0.4, 0.5) is 0 Å². The number of aliphatic hydroxyl groups is 1. The first-order valence-electron chi connectivity index (χ1n) is 2.60. The molecule has 1 atom stereocenters. The van der Waals surface area contributed by atoms with Crippen molar-refractivity contribution in [2.75, 3.05) is 6.61 Å². The van der Waals surface area contributed by atoms with Crippen molar-refractivity contribution in [2.24, 2.45) is 0 Å². The smallest absolute Gasteiger partial charge is 0.235 e. The molecule has 1 unspecified atom stereocenters. The average Bonchev–Trinajstić information content (AvgIpc) is 1.82. The Bertz CT molecular complexity index is 84.3. The Morgan fingerprint density at radius 2 is 2.56 bits per heavy atom. The van der Waals surface area contributed by atoms with Gasteiger partial charge in [-0.15, -0.1) is 0 Å². The molecule has 0 rings (SSSR count). The number of nitrogens with zero attached hydrogens (tertiary/aromatic N) is 1. The second-order valence-corrected chi connectivity index (χ2v) is 1.36. The normalized spacial score (nSPS) is 12.8. The van der Waals surface area contributed by atoms with E-state index in [4.69, 9.17) is 5.11 Å². The number of amides is 1. The van der Waals surface area contributed by atoms with Crippen LogP contribution in [0.25, 0.3) is 0 Å². The van der Waals surface area contributed by atoms with E-state index >= 15 is 0 Å². The van der Waals surface area contributed by atoms with Crippen molar-refractivity contribution in [3.8, 4) is 0 Å². The van der Waals surface area contributed by atoms with Crippen molar-refractivity contribution in [2.45, 2.75) is 13.2 Å². The maximum absolute atomic E-state index is 9.94. The molecular weight excluding hydrogens is 122 g/mol. The minimum absolute atomic E-state index is 0.339. The van der Waals surface area contributed by atoms with E-state index in [1.807, 2.05) is 0 Å². The number of aliphatic hydroxyl groups excluding tert-OH is 1. The first-order chi connectivity index (χ1) is 4.22. The van der Waals surface area contributed by atoms with Crippen LogP contribution >= 0.6 is 0 Å². The van der Waals surface area contributed by atoms with Gasteiger partial charge in [0.1, 0.15) is 0 Å². The first-order valence-corrected chi connectivity index (χ1v) is 2.60. The molecule has 0 bridgehead atoms. The third-order valence-electron chi connectivity index (χ3n) is 0.676. The highest BCUT2D eigenvalue weighted by Gasteiger charge is 2.05. The van der Waals surface area contributed by atoms with Gasteiger partial charge in [-0.25, -0.2) is 0 Å². The molecule has 0 heterocycles. The van der Waals surface area contributed by atoms with Gasteiger partial charge >= 0.3 is 0 Å². The van der Waals surface area contributed by atoms with Crippen LogP contribution in [-0.4, -0.2) is 29.4 Å². The van der Waals surface area contributed by atoms with Crippen molar-refractivity contribution in [1.82, 2.24) is 5.06 Å². The van der Waals surface area contributed by atoms with E-state index in [0.717, 1.165) is 5.06 Å². The Morgan fingerprint density at radius 3 is 2.67 bits per heavy atom. The fourth-order valence-corrected chi connectivity index (χ4v) is 0.336. The topological polar surface area (TPSA) is 49.8 Å². The van der Waals surface area contributed by atoms with E-state index in [9.17, 15) is 4.79 Å². The molecule has 0 aliphatic carbocycles. The number of carbonyl (C=O) groups is 1. The summed E-state index contributed by atoms with van der Waals surface area (Å²) >= 11 is 0. The van der Waals surface area contributed by atoms with Gasteiger partial charge in [0.25, 0.3) is 0 Å². The van der Waals surface area contributed by atoms with Crippen LogP contribution in [0.5, 0.6) is 0 Å². The second-order valence-electron chi connectivity index (χ2n) is 1.36. The van der Waals surface area contributed by atoms with E-state index in [2.05, 4.69) is 11.8 Å². The molecule has 1 N–H and O–H groups in total. The van der Waals surface area contributed by atoms with Gasteiger partial charge in [-0.05, 0) is 13.8 Å². The van der Waals surface area contributed by atoms with E-state index in [1.165, 1.54) is 0 Å². The highest BCUT2D eigenvalue weighted by Crippen LogP contribution is 1.90. The van der Waals surface area contributed by atoms with E-state index in [-0.39, 0.29) is 0 Å². The van der Waals surface area contributed by atoms with Crippen LogP contribution in [0.1, 0.15) is 6.92 Å². The predicted molar refractivity (Wildman–Crippen MR) is 30.9 cm³/mol. The zero-order valence-corrected chi connectivity index (χ0v) is 5.28. The fourth-order valence-electron chi connectivity index (χ4n) is 0.336. The summed E-state index contributed by atoms with van der Waals surface area (Å²) < 4.78 is 0. The number of hydroxylamine groups is 2. The zero-order valence-electron chi connectivity index (χ0n) is 5.28. The molecule has 0 aliphatic heterocycles.